The van der Waals surface area contributed by atoms with Crippen molar-refractivity contribution >= 4 is 11.6 Å². The maximum atomic E-state index is 11.9. The average molecular weight is 376 g/mol. The van der Waals surface area contributed by atoms with E-state index in [9.17, 15) is 19.8 Å². The topological polar surface area (TPSA) is 74.6 Å². The number of hydrogen-bond donors (Lipinski definition) is 2. The first-order valence-electron chi connectivity index (χ1n) is 8.95. The van der Waals surface area contributed by atoms with Gasteiger partial charge in [-0.05, 0) is 19.4 Å². The molecule has 4 heteroatoms. The molecular weight excluding hydrogens is 352 g/mol. The van der Waals surface area contributed by atoms with E-state index in [0.29, 0.717) is 16.7 Å². The van der Waals surface area contributed by atoms with Gasteiger partial charge in [-0.25, -0.2) is 0 Å². The van der Waals surface area contributed by atoms with Crippen LogP contribution in [0, 0.1) is 0 Å². The van der Waals surface area contributed by atoms with Gasteiger partial charge in [0.2, 0.25) is 0 Å². The van der Waals surface area contributed by atoms with Crippen LogP contribution >= 0.6 is 0 Å². The number of carbonyl (C=O) groups excluding carboxylic acids is 2. The number of aliphatic hydroxyl groups excluding tert-OH is 1. The third-order valence-corrected chi connectivity index (χ3v) is 4.01. The molecule has 1 atom stereocenters. The molecule has 0 heterocycles. The third kappa shape index (κ3) is 5.98. The van der Waals surface area contributed by atoms with E-state index in [1.54, 1.807) is 72.8 Å². The lowest BCUT2D eigenvalue weighted by atomic mass is 9.97. The van der Waals surface area contributed by atoms with Crippen molar-refractivity contribution < 1.29 is 19.8 Å². The molecule has 3 aromatic rings. The van der Waals surface area contributed by atoms with Gasteiger partial charge in [-0.2, -0.15) is 0 Å². The van der Waals surface area contributed by atoms with Crippen molar-refractivity contribution in [1.82, 2.24) is 0 Å². The van der Waals surface area contributed by atoms with Crippen molar-refractivity contribution in [3.8, 4) is 0 Å². The lowest BCUT2D eigenvalue weighted by Gasteiger charge is -2.14. The number of carbonyl (C=O) groups is 2. The van der Waals surface area contributed by atoms with E-state index in [1.165, 1.54) is 13.8 Å². The van der Waals surface area contributed by atoms with E-state index < -0.39 is 11.7 Å². The van der Waals surface area contributed by atoms with E-state index in [4.69, 9.17) is 0 Å². The molecule has 0 aromatic heterocycles. The minimum absolute atomic E-state index is 0.247. The fourth-order valence-electron chi connectivity index (χ4n) is 2.49. The molecule has 0 saturated heterocycles. The minimum Gasteiger partial charge on any atom is -0.382 e. The van der Waals surface area contributed by atoms with Crippen LogP contribution in [0.1, 0.15) is 46.2 Å². The Balaban J connectivity index is 0.000000209. The number of aliphatic hydroxyl groups is 2. The van der Waals surface area contributed by atoms with Gasteiger partial charge in [-0.1, -0.05) is 91.0 Å². The first-order chi connectivity index (χ1) is 13.3. The van der Waals surface area contributed by atoms with Crippen LogP contribution in [0.5, 0.6) is 0 Å². The van der Waals surface area contributed by atoms with Crippen LogP contribution in [0.3, 0.4) is 0 Å². The Labute approximate surface area is 165 Å². The summed E-state index contributed by atoms with van der Waals surface area (Å²) in [6.07, 6.45) is -1.08. The summed E-state index contributed by atoms with van der Waals surface area (Å²) >= 11 is 0. The second kappa shape index (κ2) is 9.74. The van der Waals surface area contributed by atoms with Gasteiger partial charge in [-0.3, -0.25) is 9.59 Å². The lowest BCUT2D eigenvalue weighted by molar-refractivity contribution is 0.0488. The van der Waals surface area contributed by atoms with Crippen LogP contribution < -0.4 is 0 Å². The van der Waals surface area contributed by atoms with Crippen molar-refractivity contribution in [3.05, 3.63) is 108 Å². The summed E-state index contributed by atoms with van der Waals surface area (Å²) in [6.45, 7) is 2.98. The largest absolute Gasteiger partial charge is 0.382 e. The quantitative estimate of drug-likeness (QED) is 0.653. The molecule has 144 valence electrons. The number of ketones is 2. The van der Waals surface area contributed by atoms with E-state index in [2.05, 4.69) is 0 Å². The second-order valence-corrected chi connectivity index (χ2v) is 6.80. The first kappa shape index (κ1) is 21.2. The monoisotopic (exact) mass is 376 g/mol. The summed E-state index contributed by atoms with van der Waals surface area (Å²) in [5, 5.41) is 19.3. The smallest absolute Gasteiger partial charge is 0.195 e. The maximum Gasteiger partial charge on any atom is 0.195 e. The Morgan fingerprint density at radius 1 is 0.714 bits per heavy atom. The normalized spacial score (nSPS) is 11.7. The molecule has 4 nitrogen and oxygen atoms in total. The molecule has 3 aromatic carbocycles. The molecule has 2 N–H and O–H groups in total. The lowest BCUT2D eigenvalue weighted by Crippen LogP contribution is -2.30. The highest BCUT2D eigenvalue weighted by atomic mass is 16.3. The number of benzene rings is 3. The molecule has 1 unspecified atom stereocenters. The molecule has 0 saturated carbocycles. The highest BCUT2D eigenvalue weighted by molar-refractivity contribution is 6.01. The molecule has 0 radical (unpaired) electrons. The zero-order valence-electron chi connectivity index (χ0n) is 15.9. The first-order valence-corrected chi connectivity index (χ1v) is 8.95. The summed E-state index contributed by atoms with van der Waals surface area (Å²) in [4.78, 5) is 23.3. The Morgan fingerprint density at radius 2 is 1.11 bits per heavy atom. The van der Waals surface area contributed by atoms with E-state index in [1.807, 2.05) is 18.2 Å². The summed E-state index contributed by atoms with van der Waals surface area (Å²) < 4.78 is 0. The Kier molecular flexibility index (Phi) is 7.38. The van der Waals surface area contributed by atoms with Gasteiger partial charge < -0.3 is 10.2 Å². The highest BCUT2D eigenvalue weighted by Gasteiger charge is 2.24. The van der Waals surface area contributed by atoms with Gasteiger partial charge in [0.15, 0.2) is 11.6 Å². The van der Waals surface area contributed by atoms with Crippen molar-refractivity contribution in [2.45, 2.75) is 25.6 Å². The molecule has 0 aliphatic rings. The minimum atomic E-state index is -1.28. The molecule has 0 spiro atoms. The maximum absolute atomic E-state index is 11.9. The average Bonchev–Trinajstić information content (AvgIpc) is 2.74. The SMILES string of the molecule is CC(C)(O)C(=O)c1ccccc1.O=C(c1ccccc1)C(O)c1ccccc1. The zero-order valence-corrected chi connectivity index (χ0v) is 15.9. The zero-order chi connectivity index (χ0) is 20.6. The number of rotatable bonds is 5. The van der Waals surface area contributed by atoms with Crippen molar-refractivity contribution in [1.29, 1.82) is 0 Å². The Hall–Kier alpha value is -3.08. The standard InChI is InChI=1S/C14H12O2.C10H12O2/c15-13(11-7-3-1-4-8-11)14(16)12-9-5-2-6-10-12;1-10(2,12)9(11)8-6-4-3-5-7-8/h1-10,13,15H;3-7,12H,1-2H3. The van der Waals surface area contributed by atoms with Crippen LogP contribution in [0.4, 0.5) is 0 Å². The summed E-state index contributed by atoms with van der Waals surface area (Å²) in [6, 6.07) is 26.5. The van der Waals surface area contributed by atoms with Gasteiger partial charge in [0.25, 0.3) is 0 Å². The van der Waals surface area contributed by atoms with E-state index in [-0.39, 0.29) is 11.6 Å². The molecule has 0 aliphatic carbocycles. The van der Waals surface area contributed by atoms with Gasteiger partial charge in [0.05, 0.1) is 0 Å². The Bertz CT molecular complexity index is 882. The van der Waals surface area contributed by atoms with Crippen molar-refractivity contribution in [2.75, 3.05) is 0 Å². The van der Waals surface area contributed by atoms with Crippen LogP contribution in [0.25, 0.3) is 0 Å². The van der Waals surface area contributed by atoms with Crippen molar-refractivity contribution in [3.63, 3.8) is 0 Å². The van der Waals surface area contributed by atoms with Gasteiger partial charge >= 0.3 is 0 Å². The van der Waals surface area contributed by atoms with Crippen LogP contribution in [-0.4, -0.2) is 27.4 Å². The molecule has 3 rings (SSSR count). The van der Waals surface area contributed by atoms with Gasteiger partial charge in [-0.15, -0.1) is 0 Å². The van der Waals surface area contributed by atoms with Gasteiger partial charge in [0, 0.05) is 11.1 Å². The molecule has 0 amide bonds. The fourth-order valence-corrected chi connectivity index (χ4v) is 2.49. The predicted molar refractivity (Wildman–Crippen MR) is 109 cm³/mol. The Morgan fingerprint density at radius 3 is 1.54 bits per heavy atom. The van der Waals surface area contributed by atoms with Crippen molar-refractivity contribution in [2.24, 2.45) is 0 Å². The van der Waals surface area contributed by atoms with E-state index >= 15 is 0 Å². The molecule has 0 fully saturated rings. The summed E-state index contributed by atoms with van der Waals surface area (Å²) in [7, 11) is 0. The molecule has 0 bridgehead atoms. The molecular formula is C24H24O4. The number of Topliss-reactive ketones (excluding diaryl/α,β-unsaturated/α-hetero) is 2. The third-order valence-electron chi connectivity index (χ3n) is 4.01. The highest BCUT2D eigenvalue weighted by Crippen LogP contribution is 2.17. The molecule has 0 aliphatic heterocycles. The van der Waals surface area contributed by atoms with Crippen LogP contribution in [0.2, 0.25) is 0 Å². The summed E-state index contributed by atoms with van der Waals surface area (Å²) in [5.74, 6) is -0.519. The van der Waals surface area contributed by atoms with Gasteiger partial charge in [0.1, 0.15) is 11.7 Å². The summed E-state index contributed by atoms with van der Waals surface area (Å²) in [5.41, 5.74) is 0.418. The molecule has 28 heavy (non-hydrogen) atoms. The van der Waals surface area contributed by atoms with Crippen LogP contribution in [-0.2, 0) is 0 Å². The fraction of sp³-hybridized carbons (Fsp3) is 0.167. The predicted octanol–water partition coefficient (Wildman–Crippen LogP) is 4.24. The van der Waals surface area contributed by atoms with Crippen LogP contribution in [0.15, 0.2) is 91.0 Å². The van der Waals surface area contributed by atoms with E-state index in [0.717, 1.165) is 0 Å². The second-order valence-electron chi connectivity index (χ2n) is 6.80. The number of hydrogen-bond acceptors (Lipinski definition) is 4.